The van der Waals surface area contributed by atoms with Crippen LogP contribution in [0.1, 0.15) is 18.1 Å². The minimum atomic E-state index is 0.776. The number of rotatable bonds is 5. The molecular formula is C18H19N3. The van der Waals surface area contributed by atoms with E-state index in [1.54, 1.807) is 0 Å². The Labute approximate surface area is 125 Å². The van der Waals surface area contributed by atoms with Crippen molar-refractivity contribution < 1.29 is 0 Å². The molecule has 0 saturated carbocycles. The third kappa shape index (κ3) is 3.31. The molecule has 3 aromatic rings. The highest BCUT2D eigenvalue weighted by atomic mass is 15.3. The summed E-state index contributed by atoms with van der Waals surface area (Å²) in [6, 6.07) is 18.7. The second-order valence-electron chi connectivity index (χ2n) is 5.03. The molecule has 1 N–H and O–H groups in total. The summed E-state index contributed by atoms with van der Waals surface area (Å²) >= 11 is 0. The fraction of sp³-hybridized carbons (Fsp3) is 0.167. The van der Waals surface area contributed by atoms with E-state index in [0.717, 1.165) is 24.3 Å². The van der Waals surface area contributed by atoms with Crippen LogP contribution in [0.25, 0.3) is 5.69 Å². The molecule has 0 saturated heterocycles. The number of aryl methyl sites for hydroxylation is 1. The van der Waals surface area contributed by atoms with E-state index in [1.807, 2.05) is 41.2 Å². The first-order chi connectivity index (χ1) is 10.3. The average molecular weight is 277 g/mol. The maximum atomic E-state index is 4.40. The zero-order chi connectivity index (χ0) is 14.5. The second-order valence-corrected chi connectivity index (χ2v) is 5.03. The lowest BCUT2D eigenvalue weighted by Gasteiger charge is -2.05. The van der Waals surface area contributed by atoms with E-state index in [1.165, 1.54) is 11.1 Å². The number of anilines is 1. The molecule has 0 aliphatic heterocycles. The first-order valence-electron chi connectivity index (χ1n) is 7.27. The number of nitrogens with zero attached hydrogens (tertiary/aromatic N) is 2. The Morgan fingerprint density at radius 2 is 1.71 bits per heavy atom. The summed E-state index contributed by atoms with van der Waals surface area (Å²) in [6.07, 6.45) is 5.04. The van der Waals surface area contributed by atoms with E-state index in [9.17, 15) is 0 Å². The first-order valence-corrected chi connectivity index (χ1v) is 7.27. The van der Waals surface area contributed by atoms with Crippen LogP contribution in [-0.2, 0) is 13.0 Å². The Bertz CT molecular complexity index is 684. The standard InChI is InChI=1S/C18H19N3/c1-2-15-8-10-17(11-9-15)19-12-16-13-20-21(14-16)18-6-4-3-5-7-18/h3-11,13-14,19H,2,12H2,1H3. The van der Waals surface area contributed by atoms with Gasteiger partial charge < -0.3 is 5.32 Å². The molecule has 1 heterocycles. The minimum Gasteiger partial charge on any atom is -0.381 e. The maximum Gasteiger partial charge on any atom is 0.0645 e. The molecule has 0 fully saturated rings. The van der Waals surface area contributed by atoms with Crippen molar-refractivity contribution in [2.45, 2.75) is 19.9 Å². The Balaban J connectivity index is 1.64. The van der Waals surface area contributed by atoms with E-state index < -0.39 is 0 Å². The molecule has 0 aliphatic carbocycles. The third-order valence-corrected chi connectivity index (χ3v) is 3.52. The fourth-order valence-corrected chi connectivity index (χ4v) is 2.24. The summed E-state index contributed by atoms with van der Waals surface area (Å²) in [5.41, 5.74) is 4.74. The zero-order valence-corrected chi connectivity index (χ0v) is 12.2. The van der Waals surface area contributed by atoms with Gasteiger partial charge in [0, 0.05) is 24.0 Å². The molecule has 0 atom stereocenters. The van der Waals surface area contributed by atoms with Crippen molar-refractivity contribution in [1.82, 2.24) is 9.78 Å². The molecule has 3 rings (SSSR count). The van der Waals surface area contributed by atoms with Gasteiger partial charge in [-0.2, -0.15) is 5.10 Å². The van der Waals surface area contributed by atoms with Crippen LogP contribution in [0.15, 0.2) is 67.0 Å². The molecule has 0 amide bonds. The van der Waals surface area contributed by atoms with Crippen molar-refractivity contribution in [3.8, 4) is 5.69 Å². The number of para-hydroxylation sites is 1. The van der Waals surface area contributed by atoms with Crippen LogP contribution in [0, 0.1) is 0 Å². The Hall–Kier alpha value is -2.55. The quantitative estimate of drug-likeness (QED) is 0.762. The Morgan fingerprint density at radius 1 is 0.952 bits per heavy atom. The summed E-state index contributed by atoms with van der Waals surface area (Å²) in [6.45, 7) is 2.94. The third-order valence-electron chi connectivity index (χ3n) is 3.52. The molecule has 2 aromatic carbocycles. The highest BCUT2D eigenvalue weighted by Crippen LogP contribution is 2.12. The molecule has 0 bridgehead atoms. The molecule has 3 heteroatoms. The summed E-state index contributed by atoms with van der Waals surface area (Å²) in [4.78, 5) is 0. The normalized spacial score (nSPS) is 10.5. The molecule has 0 spiro atoms. The molecular weight excluding hydrogens is 258 g/mol. The van der Waals surface area contributed by atoms with Crippen LogP contribution in [0.3, 0.4) is 0 Å². The number of benzene rings is 2. The van der Waals surface area contributed by atoms with Gasteiger partial charge >= 0.3 is 0 Å². The van der Waals surface area contributed by atoms with Crippen LogP contribution in [0.2, 0.25) is 0 Å². The van der Waals surface area contributed by atoms with Gasteiger partial charge in [0.2, 0.25) is 0 Å². The predicted molar refractivity (Wildman–Crippen MR) is 86.7 cm³/mol. The average Bonchev–Trinajstić information content (AvgIpc) is 3.03. The lowest BCUT2D eigenvalue weighted by atomic mass is 10.1. The Kier molecular flexibility index (Phi) is 4.01. The minimum absolute atomic E-state index is 0.776. The summed E-state index contributed by atoms with van der Waals surface area (Å²) in [7, 11) is 0. The van der Waals surface area contributed by atoms with Gasteiger partial charge in [0.05, 0.1) is 11.9 Å². The van der Waals surface area contributed by atoms with Crippen molar-refractivity contribution >= 4 is 5.69 Å². The molecule has 1 aromatic heterocycles. The first kappa shape index (κ1) is 13.4. The van der Waals surface area contributed by atoms with E-state index >= 15 is 0 Å². The lowest BCUT2D eigenvalue weighted by molar-refractivity contribution is 0.880. The molecule has 3 nitrogen and oxygen atoms in total. The Morgan fingerprint density at radius 3 is 2.43 bits per heavy atom. The lowest BCUT2D eigenvalue weighted by Crippen LogP contribution is -1.98. The number of nitrogens with one attached hydrogen (secondary N) is 1. The SMILES string of the molecule is CCc1ccc(NCc2cnn(-c3ccccc3)c2)cc1. The molecule has 0 unspecified atom stereocenters. The van der Waals surface area contributed by atoms with E-state index in [-0.39, 0.29) is 0 Å². The van der Waals surface area contributed by atoms with Crippen LogP contribution in [0.4, 0.5) is 5.69 Å². The zero-order valence-electron chi connectivity index (χ0n) is 12.2. The van der Waals surface area contributed by atoms with Crippen LogP contribution in [-0.4, -0.2) is 9.78 Å². The second kappa shape index (κ2) is 6.27. The fourth-order valence-electron chi connectivity index (χ4n) is 2.24. The van der Waals surface area contributed by atoms with E-state index in [2.05, 4.69) is 47.8 Å². The van der Waals surface area contributed by atoms with Gasteiger partial charge in [-0.3, -0.25) is 0 Å². The molecule has 106 valence electrons. The van der Waals surface area contributed by atoms with Crippen molar-refractivity contribution in [2.24, 2.45) is 0 Å². The van der Waals surface area contributed by atoms with Gasteiger partial charge in [0.1, 0.15) is 0 Å². The summed E-state index contributed by atoms with van der Waals surface area (Å²) < 4.78 is 1.90. The molecule has 0 aliphatic rings. The van der Waals surface area contributed by atoms with Crippen molar-refractivity contribution in [2.75, 3.05) is 5.32 Å². The van der Waals surface area contributed by atoms with Crippen molar-refractivity contribution in [3.63, 3.8) is 0 Å². The maximum absolute atomic E-state index is 4.40. The summed E-state index contributed by atoms with van der Waals surface area (Å²) in [5.74, 6) is 0. The predicted octanol–water partition coefficient (Wildman–Crippen LogP) is 4.05. The topological polar surface area (TPSA) is 29.9 Å². The van der Waals surface area contributed by atoms with Gasteiger partial charge in [0.15, 0.2) is 0 Å². The van der Waals surface area contributed by atoms with Crippen LogP contribution < -0.4 is 5.32 Å². The van der Waals surface area contributed by atoms with Crippen LogP contribution >= 0.6 is 0 Å². The van der Waals surface area contributed by atoms with Crippen molar-refractivity contribution in [3.05, 3.63) is 78.1 Å². The number of hydrogen-bond donors (Lipinski definition) is 1. The van der Waals surface area contributed by atoms with Gasteiger partial charge in [-0.25, -0.2) is 4.68 Å². The summed E-state index contributed by atoms with van der Waals surface area (Å²) in [5, 5.41) is 7.83. The van der Waals surface area contributed by atoms with Gasteiger partial charge in [-0.15, -0.1) is 0 Å². The highest BCUT2D eigenvalue weighted by Gasteiger charge is 2.00. The van der Waals surface area contributed by atoms with E-state index in [4.69, 9.17) is 0 Å². The number of hydrogen-bond acceptors (Lipinski definition) is 2. The molecule has 0 radical (unpaired) electrons. The van der Waals surface area contributed by atoms with Crippen LogP contribution in [0.5, 0.6) is 0 Å². The van der Waals surface area contributed by atoms with Gasteiger partial charge in [0.25, 0.3) is 0 Å². The monoisotopic (exact) mass is 277 g/mol. The smallest absolute Gasteiger partial charge is 0.0645 e. The highest BCUT2D eigenvalue weighted by molar-refractivity contribution is 5.45. The molecule has 21 heavy (non-hydrogen) atoms. The largest absolute Gasteiger partial charge is 0.381 e. The van der Waals surface area contributed by atoms with Crippen molar-refractivity contribution in [1.29, 1.82) is 0 Å². The van der Waals surface area contributed by atoms with E-state index in [0.29, 0.717) is 0 Å². The van der Waals surface area contributed by atoms with Gasteiger partial charge in [-0.1, -0.05) is 37.3 Å². The number of aromatic nitrogens is 2. The van der Waals surface area contributed by atoms with Gasteiger partial charge in [-0.05, 0) is 36.2 Å².